The Morgan fingerprint density at radius 1 is 1.57 bits per heavy atom. The number of nitriles is 1. The number of hydrogen-bond donors (Lipinski definition) is 2. The number of aliphatic hydroxyl groups excluding tert-OH is 2. The normalized spacial score (nSPS) is 14.5. The lowest BCUT2D eigenvalue weighted by molar-refractivity contribution is 0.0497. The predicted octanol–water partition coefficient (Wildman–Crippen LogP) is 0.447. The van der Waals surface area contributed by atoms with Crippen LogP contribution in [0.4, 0.5) is 4.39 Å². The average Bonchev–Trinajstić information content (AvgIpc) is 2.19. The second-order valence-corrected chi connectivity index (χ2v) is 2.91. The first-order chi connectivity index (χ1) is 6.56. The summed E-state index contributed by atoms with van der Waals surface area (Å²) >= 11 is 0. The second kappa shape index (κ2) is 4.13. The van der Waals surface area contributed by atoms with E-state index in [1.807, 2.05) is 0 Å². The first-order valence-electron chi connectivity index (χ1n) is 3.94. The van der Waals surface area contributed by atoms with Crippen molar-refractivity contribution in [2.75, 3.05) is 0 Å². The topological polar surface area (TPSA) is 77.1 Å². The Morgan fingerprint density at radius 3 is 2.79 bits per heavy atom. The van der Waals surface area contributed by atoms with Crippen LogP contribution in [-0.4, -0.2) is 21.3 Å². The fraction of sp³-hybridized carbons (Fsp3) is 0.333. The van der Waals surface area contributed by atoms with Crippen molar-refractivity contribution in [3.63, 3.8) is 0 Å². The van der Waals surface area contributed by atoms with E-state index in [0.717, 1.165) is 0 Å². The van der Waals surface area contributed by atoms with Crippen LogP contribution in [0.5, 0.6) is 0 Å². The molecule has 1 aromatic heterocycles. The molecule has 0 aliphatic heterocycles. The Kier molecular flexibility index (Phi) is 3.12. The van der Waals surface area contributed by atoms with E-state index in [2.05, 4.69) is 4.98 Å². The lowest BCUT2D eigenvalue weighted by Crippen LogP contribution is -2.17. The van der Waals surface area contributed by atoms with Gasteiger partial charge in [0, 0.05) is 11.8 Å². The molecule has 0 aliphatic rings. The number of aliphatic hydroxyl groups is 2. The van der Waals surface area contributed by atoms with Crippen molar-refractivity contribution in [1.29, 1.82) is 5.26 Å². The third-order valence-corrected chi connectivity index (χ3v) is 1.75. The van der Waals surface area contributed by atoms with Gasteiger partial charge in [0.1, 0.15) is 6.10 Å². The highest BCUT2D eigenvalue weighted by Crippen LogP contribution is 2.19. The van der Waals surface area contributed by atoms with Gasteiger partial charge in [-0.1, -0.05) is 0 Å². The summed E-state index contributed by atoms with van der Waals surface area (Å²) in [5.74, 6) is -0.877. The van der Waals surface area contributed by atoms with Crippen LogP contribution in [0.15, 0.2) is 12.3 Å². The molecule has 0 aromatic carbocycles. The lowest BCUT2D eigenvalue weighted by atomic mass is 10.1. The van der Waals surface area contributed by atoms with Gasteiger partial charge in [-0.15, -0.1) is 0 Å². The Morgan fingerprint density at radius 2 is 2.21 bits per heavy atom. The molecule has 0 saturated carbocycles. The van der Waals surface area contributed by atoms with Crippen molar-refractivity contribution < 1.29 is 14.6 Å². The van der Waals surface area contributed by atoms with E-state index in [-0.39, 0.29) is 5.56 Å². The molecule has 0 radical (unpaired) electrons. The van der Waals surface area contributed by atoms with E-state index < -0.39 is 18.2 Å². The minimum Gasteiger partial charge on any atom is -0.384 e. The molecule has 0 aliphatic carbocycles. The molecule has 0 bridgehead atoms. The minimum absolute atomic E-state index is 0.168. The fourth-order valence-corrected chi connectivity index (χ4v) is 1.02. The van der Waals surface area contributed by atoms with Crippen LogP contribution >= 0.6 is 0 Å². The van der Waals surface area contributed by atoms with Crippen molar-refractivity contribution in [1.82, 2.24) is 4.98 Å². The van der Waals surface area contributed by atoms with Crippen molar-refractivity contribution in [2.24, 2.45) is 0 Å². The minimum atomic E-state index is -1.65. The summed E-state index contributed by atoms with van der Waals surface area (Å²) in [6, 6.07) is 2.76. The van der Waals surface area contributed by atoms with Gasteiger partial charge < -0.3 is 10.2 Å². The Balaban J connectivity index is 3.07. The maximum Gasteiger partial charge on any atom is 0.218 e. The maximum absolute atomic E-state index is 13.0. The number of pyridine rings is 1. The first kappa shape index (κ1) is 10.6. The van der Waals surface area contributed by atoms with Crippen molar-refractivity contribution in [2.45, 2.75) is 19.1 Å². The van der Waals surface area contributed by atoms with Crippen LogP contribution in [-0.2, 0) is 0 Å². The Labute approximate surface area is 80.3 Å². The molecule has 0 saturated heterocycles. The van der Waals surface area contributed by atoms with Crippen LogP contribution in [0, 0.1) is 24.2 Å². The van der Waals surface area contributed by atoms with E-state index in [1.54, 1.807) is 6.92 Å². The highest BCUT2D eigenvalue weighted by molar-refractivity contribution is 5.22. The lowest BCUT2D eigenvalue weighted by Gasteiger charge is -2.12. The predicted molar refractivity (Wildman–Crippen MR) is 45.5 cm³/mol. The molecule has 2 atom stereocenters. The Hall–Kier alpha value is -1.51. The van der Waals surface area contributed by atoms with Gasteiger partial charge in [-0.3, -0.25) is 0 Å². The summed E-state index contributed by atoms with van der Waals surface area (Å²) in [6.07, 6.45) is -1.91. The number of halogens is 1. The maximum atomic E-state index is 13.0. The summed E-state index contributed by atoms with van der Waals surface area (Å²) in [4.78, 5) is 3.37. The van der Waals surface area contributed by atoms with E-state index >= 15 is 0 Å². The number of rotatable bonds is 2. The molecule has 74 valence electrons. The number of aryl methyl sites for hydroxylation is 1. The number of aromatic nitrogens is 1. The molecular weight excluding hydrogens is 187 g/mol. The first-order valence-corrected chi connectivity index (χ1v) is 3.94. The standard InChI is InChI=1S/C9H9FN2O2/c1-5-2-6(9(10)12-4-5)8(14)7(13)3-11/h2,4,7-8,13-14H,1H3. The monoisotopic (exact) mass is 196 g/mol. The molecule has 4 nitrogen and oxygen atoms in total. The molecule has 1 aromatic rings. The molecule has 0 spiro atoms. The van der Waals surface area contributed by atoms with E-state index in [9.17, 15) is 9.50 Å². The quantitative estimate of drug-likeness (QED) is 0.531. The molecule has 14 heavy (non-hydrogen) atoms. The van der Waals surface area contributed by atoms with Gasteiger partial charge in [0.2, 0.25) is 5.95 Å². The van der Waals surface area contributed by atoms with Crippen LogP contribution in [0.2, 0.25) is 0 Å². The van der Waals surface area contributed by atoms with Gasteiger partial charge in [0.15, 0.2) is 6.10 Å². The largest absolute Gasteiger partial charge is 0.384 e. The molecule has 0 fully saturated rings. The third-order valence-electron chi connectivity index (χ3n) is 1.75. The van der Waals surface area contributed by atoms with Crippen molar-refractivity contribution in [3.05, 3.63) is 29.3 Å². The third kappa shape index (κ3) is 2.05. The number of hydrogen-bond acceptors (Lipinski definition) is 4. The van der Waals surface area contributed by atoms with Crippen molar-refractivity contribution in [3.8, 4) is 6.07 Å². The molecular formula is C9H9FN2O2. The van der Waals surface area contributed by atoms with E-state index in [1.165, 1.54) is 18.3 Å². The zero-order valence-corrected chi connectivity index (χ0v) is 7.48. The van der Waals surface area contributed by atoms with Crippen LogP contribution in [0.3, 0.4) is 0 Å². The smallest absolute Gasteiger partial charge is 0.218 e. The highest BCUT2D eigenvalue weighted by atomic mass is 19.1. The SMILES string of the molecule is Cc1cnc(F)c(C(O)C(O)C#N)c1. The van der Waals surface area contributed by atoms with Gasteiger partial charge in [-0.2, -0.15) is 9.65 Å². The highest BCUT2D eigenvalue weighted by Gasteiger charge is 2.21. The molecule has 0 amide bonds. The number of nitrogens with zero attached hydrogens (tertiary/aromatic N) is 2. The summed E-state index contributed by atoms with van der Waals surface area (Å²) in [5.41, 5.74) is 0.477. The zero-order valence-electron chi connectivity index (χ0n) is 7.48. The summed E-state index contributed by atoms with van der Waals surface area (Å²) in [7, 11) is 0. The van der Waals surface area contributed by atoms with Gasteiger partial charge in [0.05, 0.1) is 6.07 Å². The van der Waals surface area contributed by atoms with Gasteiger partial charge in [-0.25, -0.2) is 4.98 Å². The second-order valence-electron chi connectivity index (χ2n) is 2.91. The molecule has 2 N–H and O–H groups in total. The van der Waals surface area contributed by atoms with Crippen molar-refractivity contribution >= 4 is 0 Å². The van der Waals surface area contributed by atoms with Crippen LogP contribution in [0.1, 0.15) is 17.2 Å². The summed E-state index contributed by atoms with van der Waals surface area (Å²) < 4.78 is 13.0. The van der Waals surface area contributed by atoms with Gasteiger partial charge >= 0.3 is 0 Å². The summed E-state index contributed by atoms with van der Waals surface area (Å²) in [6.45, 7) is 1.67. The zero-order chi connectivity index (χ0) is 10.7. The summed E-state index contributed by atoms with van der Waals surface area (Å²) in [5, 5.41) is 26.7. The van der Waals surface area contributed by atoms with Gasteiger partial charge in [-0.05, 0) is 18.6 Å². The molecule has 5 heteroatoms. The molecule has 1 rings (SSSR count). The van der Waals surface area contributed by atoms with Crippen LogP contribution in [0.25, 0.3) is 0 Å². The molecule has 1 heterocycles. The fourth-order valence-electron chi connectivity index (χ4n) is 1.02. The molecule has 2 unspecified atom stereocenters. The van der Waals surface area contributed by atoms with E-state index in [4.69, 9.17) is 10.4 Å². The van der Waals surface area contributed by atoms with E-state index in [0.29, 0.717) is 5.56 Å². The van der Waals surface area contributed by atoms with Gasteiger partial charge in [0.25, 0.3) is 0 Å². The average molecular weight is 196 g/mol. The Bertz CT molecular complexity index is 376. The van der Waals surface area contributed by atoms with Crippen LogP contribution < -0.4 is 0 Å².